The molecule has 0 unspecified atom stereocenters. The highest BCUT2D eigenvalue weighted by atomic mass is 32.1. The van der Waals surface area contributed by atoms with Crippen molar-refractivity contribution in [3.05, 3.63) is 58.0 Å². The molecule has 0 saturated carbocycles. The smallest absolute Gasteiger partial charge is 0.288 e. The number of anilines is 1. The van der Waals surface area contributed by atoms with Gasteiger partial charge in [0.05, 0.1) is 0 Å². The number of carbonyl (C=O) groups is 1. The number of benzene rings is 1. The highest BCUT2D eigenvalue weighted by Gasteiger charge is 2.20. The molecule has 1 fully saturated rings. The van der Waals surface area contributed by atoms with Gasteiger partial charge in [-0.2, -0.15) is 4.52 Å². The Bertz CT molecular complexity index is 992. The molecule has 2 aromatic heterocycles. The van der Waals surface area contributed by atoms with Gasteiger partial charge >= 0.3 is 0 Å². The zero-order valence-corrected chi connectivity index (χ0v) is 15.7. The van der Waals surface area contributed by atoms with Gasteiger partial charge in [0.1, 0.15) is 5.56 Å². The molecular formula is C19H21N5O2S. The fourth-order valence-electron chi connectivity index (χ4n) is 3.20. The van der Waals surface area contributed by atoms with Crippen molar-refractivity contribution in [2.45, 2.75) is 25.7 Å². The number of carbonyl (C=O) groups excluding carboxylic acids is 1. The molecule has 1 amide bonds. The minimum Gasteiger partial charge on any atom is -0.352 e. The van der Waals surface area contributed by atoms with Crippen LogP contribution in [-0.2, 0) is 6.42 Å². The van der Waals surface area contributed by atoms with E-state index >= 15 is 0 Å². The summed E-state index contributed by atoms with van der Waals surface area (Å²) in [4.78, 5) is 32.0. The van der Waals surface area contributed by atoms with Crippen LogP contribution in [0.4, 0.5) is 5.13 Å². The summed E-state index contributed by atoms with van der Waals surface area (Å²) in [7, 11) is 0. The van der Waals surface area contributed by atoms with Crippen LogP contribution in [0.3, 0.4) is 0 Å². The number of hydrogen-bond donors (Lipinski definition) is 1. The van der Waals surface area contributed by atoms with Crippen LogP contribution in [0.5, 0.6) is 0 Å². The van der Waals surface area contributed by atoms with E-state index < -0.39 is 11.5 Å². The van der Waals surface area contributed by atoms with Crippen molar-refractivity contribution in [1.82, 2.24) is 19.9 Å². The number of rotatable bonds is 6. The van der Waals surface area contributed by atoms with Crippen molar-refractivity contribution in [2.24, 2.45) is 0 Å². The second kappa shape index (κ2) is 7.87. The molecule has 0 atom stereocenters. The van der Waals surface area contributed by atoms with Crippen LogP contribution >= 0.6 is 11.3 Å². The average Bonchev–Trinajstić information content (AvgIpc) is 3.36. The summed E-state index contributed by atoms with van der Waals surface area (Å²) in [6.45, 7) is 2.40. The van der Waals surface area contributed by atoms with E-state index in [4.69, 9.17) is 0 Å². The maximum atomic E-state index is 12.6. The van der Waals surface area contributed by atoms with Gasteiger partial charge in [0, 0.05) is 25.8 Å². The van der Waals surface area contributed by atoms with Crippen LogP contribution in [0.25, 0.3) is 4.96 Å². The maximum absolute atomic E-state index is 12.6. The van der Waals surface area contributed by atoms with Crippen molar-refractivity contribution >= 4 is 27.3 Å². The Morgan fingerprint density at radius 1 is 1.19 bits per heavy atom. The van der Waals surface area contributed by atoms with E-state index in [-0.39, 0.29) is 5.56 Å². The van der Waals surface area contributed by atoms with Gasteiger partial charge in [0.2, 0.25) is 10.1 Å². The summed E-state index contributed by atoms with van der Waals surface area (Å²) in [6.07, 6.45) is 5.31. The van der Waals surface area contributed by atoms with Crippen molar-refractivity contribution < 1.29 is 4.79 Å². The standard InChI is InChI=1S/C19H21N5O2S/c25-16(20-10-6-9-14-7-2-1-3-8-14)15-13-21-18-24(17(15)26)22-19(27-18)23-11-4-5-12-23/h1-3,7-8,13H,4-6,9-12H2,(H,20,25). The van der Waals surface area contributed by atoms with Crippen LogP contribution in [0.15, 0.2) is 41.3 Å². The minimum absolute atomic E-state index is 0.0329. The molecular weight excluding hydrogens is 362 g/mol. The van der Waals surface area contributed by atoms with Crippen molar-refractivity contribution in [1.29, 1.82) is 0 Å². The predicted octanol–water partition coefficient (Wildman–Crippen LogP) is 2.11. The van der Waals surface area contributed by atoms with Crippen molar-refractivity contribution in [2.75, 3.05) is 24.5 Å². The fraction of sp³-hybridized carbons (Fsp3) is 0.368. The van der Waals surface area contributed by atoms with E-state index in [0.29, 0.717) is 11.5 Å². The quantitative estimate of drug-likeness (QED) is 0.660. The first kappa shape index (κ1) is 17.7. The SMILES string of the molecule is O=C(NCCCc1ccccc1)c1cnc2sc(N3CCCC3)nn2c1=O. The molecule has 3 heterocycles. The molecule has 3 aromatic rings. The lowest BCUT2D eigenvalue weighted by atomic mass is 10.1. The first-order valence-corrected chi connectivity index (χ1v) is 10.00. The lowest BCUT2D eigenvalue weighted by molar-refractivity contribution is 0.0951. The molecule has 4 rings (SSSR count). The lowest BCUT2D eigenvalue weighted by Gasteiger charge is -2.10. The molecule has 0 radical (unpaired) electrons. The molecule has 27 heavy (non-hydrogen) atoms. The highest BCUT2D eigenvalue weighted by molar-refractivity contribution is 7.20. The second-order valence-electron chi connectivity index (χ2n) is 6.60. The van der Waals surface area contributed by atoms with Gasteiger partial charge in [-0.25, -0.2) is 4.98 Å². The number of hydrogen-bond acceptors (Lipinski definition) is 6. The highest BCUT2D eigenvalue weighted by Crippen LogP contribution is 2.24. The van der Waals surface area contributed by atoms with Gasteiger partial charge < -0.3 is 10.2 Å². The number of nitrogens with zero attached hydrogens (tertiary/aromatic N) is 4. The summed E-state index contributed by atoms with van der Waals surface area (Å²) >= 11 is 1.38. The van der Waals surface area contributed by atoms with Gasteiger partial charge in [-0.05, 0) is 31.2 Å². The van der Waals surface area contributed by atoms with Crippen LogP contribution in [0.2, 0.25) is 0 Å². The molecule has 1 N–H and O–H groups in total. The van der Waals surface area contributed by atoms with Gasteiger partial charge in [0.25, 0.3) is 11.5 Å². The summed E-state index contributed by atoms with van der Waals surface area (Å²) in [5, 5.41) is 7.98. The third kappa shape index (κ3) is 3.85. The topological polar surface area (TPSA) is 79.6 Å². The summed E-state index contributed by atoms with van der Waals surface area (Å²) in [5.74, 6) is -0.398. The normalized spacial score (nSPS) is 14.0. The van der Waals surface area contributed by atoms with Gasteiger partial charge in [-0.1, -0.05) is 41.7 Å². The third-order valence-electron chi connectivity index (χ3n) is 4.67. The zero-order chi connectivity index (χ0) is 18.6. The number of nitrogens with one attached hydrogen (secondary N) is 1. The number of aromatic nitrogens is 3. The summed E-state index contributed by atoms with van der Waals surface area (Å²) in [6, 6.07) is 10.1. The Morgan fingerprint density at radius 3 is 2.74 bits per heavy atom. The van der Waals surface area contributed by atoms with E-state index in [1.54, 1.807) is 0 Å². The summed E-state index contributed by atoms with van der Waals surface area (Å²) in [5.41, 5.74) is 0.847. The largest absolute Gasteiger partial charge is 0.352 e. The predicted molar refractivity (Wildman–Crippen MR) is 106 cm³/mol. The number of amides is 1. The lowest BCUT2D eigenvalue weighted by Crippen LogP contribution is -2.32. The van der Waals surface area contributed by atoms with Crippen LogP contribution < -0.4 is 15.8 Å². The molecule has 0 aliphatic carbocycles. The molecule has 1 aliphatic rings. The Kier molecular flexibility index (Phi) is 5.15. The number of aryl methyl sites for hydroxylation is 1. The second-order valence-corrected chi connectivity index (χ2v) is 7.53. The van der Waals surface area contributed by atoms with E-state index in [1.807, 2.05) is 18.2 Å². The zero-order valence-electron chi connectivity index (χ0n) is 14.9. The van der Waals surface area contributed by atoms with Gasteiger partial charge in [0.15, 0.2) is 0 Å². The molecule has 1 aliphatic heterocycles. The first-order chi connectivity index (χ1) is 13.2. The monoisotopic (exact) mass is 383 g/mol. The number of fused-ring (bicyclic) bond motifs is 1. The molecule has 140 valence electrons. The minimum atomic E-state index is -0.415. The fourth-order valence-corrected chi connectivity index (χ4v) is 4.12. The molecule has 1 saturated heterocycles. The first-order valence-electron chi connectivity index (χ1n) is 9.18. The van der Waals surface area contributed by atoms with Crippen LogP contribution in [0, 0.1) is 0 Å². The molecule has 0 bridgehead atoms. The Morgan fingerprint density at radius 2 is 1.96 bits per heavy atom. The summed E-state index contributed by atoms with van der Waals surface area (Å²) < 4.78 is 1.25. The molecule has 7 nitrogen and oxygen atoms in total. The van der Waals surface area contributed by atoms with E-state index in [0.717, 1.165) is 43.9 Å². The maximum Gasteiger partial charge on any atom is 0.288 e. The van der Waals surface area contributed by atoms with Gasteiger partial charge in [-0.15, -0.1) is 5.10 Å². The molecule has 8 heteroatoms. The van der Waals surface area contributed by atoms with Crippen LogP contribution in [-0.4, -0.2) is 40.1 Å². The van der Waals surface area contributed by atoms with Crippen LogP contribution in [0.1, 0.15) is 35.2 Å². The molecule has 0 spiro atoms. The van der Waals surface area contributed by atoms with Crippen molar-refractivity contribution in [3.63, 3.8) is 0 Å². The third-order valence-corrected chi connectivity index (χ3v) is 5.65. The Balaban J connectivity index is 1.42. The van der Waals surface area contributed by atoms with Gasteiger partial charge in [-0.3, -0.25) is 9.59 Å². The van der Waals surface area contributed by atoms with E-state index in [9.17, 15) is 9.59 Å². The Labute approximate surface area is 160 Å². The van der Waals surface area contributed by atoms with Crippen molar-refractivity contribution in [3.8, 4) is 0 Å². The Hall–Kier alpha value is -2.74. The van der Waals surface area contributed by atoms with E-state index in [1.165, 1.54) is 27.6 Å². The molecule has 1 aromatic carbocycles. The average molecular weight is 383 g/mol. The van der Waals surface area contributed by atoms with E-state index in [2.05, 4.69) is 32.4 Å².